The molecule has 4 rings (SSSR count). The van der Waals surface area contributed by atoms with Crippen LogP contribution in [-0.2, 0) is 5.60 Å². The molecule has 1 fully saturated rings. The second-order valence-corrected chi connectivity index (χ2v) is 7.65. The van der Waals surface area contributed by atoms with E-state index in [4.69, 9.17) is 4.74 Å². The summed E-state index contributed by atoms with van der Waals surface area (Å²) < 4.78 is 5.78. The normalized spacial score (nSPS) is 24.1. The maximum absolute atomic E-state index is 10.6. The van der Waals surface area contributed by atoms with Crippen LogP contribution in [0.5, 0.6) is 5.75 Å². The Labute approximate surface area is 145 Å². The van der Waals surface area contributed by atoms with Crippen molar-refractivity contribution in [3.63, 3.8) is 0 Å². The van der Waals surface area contributed by atoms with E-state index in [1.807, 2.05) is 18.2 Å². The third-order valence-electron chi connectivity index (χ3n) is 4.67. The molecule has 4 nitrogen and oxygen atoms in total. The van der Waals surface area contributed by atoms with Crippen LogP contribution in [0.15, 0.2) is 23.7 Å². The number of nitrogens with zero attached hydrogens (tertiary/aromatic N) is 1. The monoisotopic (exact) mass is 341 g/mol. The Morgan fingerprint density at radius 3 is 2.83 bits per heavy atom. The first-order valence-electron chi connectivity index (χ1n) is 8.16. The van der Waals surface area contributed by atoms with Gasteiger partial charge in [0.05, 0.1) is 16.1 Å². The summed E-state index contributed by atoms with van der Waals surface area (Å²) in [7, 11) is 0. The van der Waals surface area contributed by atoms with Gasteiger partial charge < -0.3 is 14.9 Å². The highest BCUT2D eigenvalue weighted by Gasteiger charge is 2.34. The lowest BCUT2D eigenvalue weighted by Gasteiger charge is -2.19. The summed E-state index contributed by atoms with van der Waals surface area (Å²) in [6, 6.07) is 5.68. The number of aromatic nitrogens is 1. The van der Waals surface area contributed by atoms with Gasteiger partial charge in [-0.3, -0.25) is 0 Å². The Hall–Kier alpha value is -1.87. The summed E-state index contributed by atoms with van der Waals surface area (Å²) in [6.45, 7) is 1.94. The molecule has 1 aromatic heterocycles. The molecule has 1 aliphatic heterocycles. The van der Waals surface area contributed by atoms with Gasteiger partial charge in [0, 0.05) is 11.1 Å². The molecule has 1 aliphatic carbocycles. The molecule has 0 radical (unpaired) electrons. The Balaban J connectivity index is 1.75. The summed E-state index contributed by atoms with van der Waals surface area (Å²) in [5.41, 5.74) is 2.25. The van der Waals surface area contributed by atoms with Gasteiger partial charge in [0.15, 0.2) is 0 Å². The number of fused-ring (bicyclic) bond motifs is 3. The number of hydrogen-bond donors (Lipinski definition) is 2. The molecule has 24 heavy (non-hydrogen) atoms. The molecular formula is C19H19NO3S. The van der Waals surface area contributed by atoms with Crippen LogP contribution in [0.2, 0.25) is 0 Å². The molecule has 1 aromatic carbocycles. The molecule has 124 valence electrons. The number of aliphatic hydroxyl groups is 2. The van der Waals surface area contributed by atoms with Crippen molar-refractivity contribution in [2.24, 2.45) is 0 Å². The van der Waals surface area contributed by atoms with Crippen molar-refractivity contribution < 1.29 is 14.9 Å². The number of ether oxygens (including phenoxy) is 1. The standard InChI is InChI=1S/C19H19NO3S/c1-18(21)11-23-15-5-4-13(6-9-19(22)7-2-3-8-19)10-14(15)16-17(18)24-12-20-16/h4-5,10,12,21-22H,2-3,7-8,11H2,1H3/t18-/m1/s1. The van der Waals surface area contributed by atoms with E-state index in [1.165, 1.54) is 11.3 Å². The highest BCUT2D eigenvalue weighted by molar-refractivity contribution is 7.10. The van der Waals surface area contributed by atoms with Gasteiger partial charge in [-0.2, -0.15) is 0 Å². The fourth-order valence-corrected chi connectivity index (χ4v) is 4.15. The van der Waals surface area contributed by atoms with E-state index in [0.29, 0.717) is 5.75 Å². The third-order valence-corrected chi connectivity index (χ3v) is 5.75. The van der Waals surface area contributed by atoms with Gasteiger partial charge in [0.25, 0.3) is 0 Å². The minimum Gasteiger partial charge on any atom is -0.489 e. The average molecular weight is 341 g/mol. The van der Waals surface area contributed by atoms with E-state index in [9.17, 15) is 10.2 Å². The maximum Gasteiger partial charge on any atom is 0.132 e. The molecule has 0 spiro atoms. The molecule has 0 amide bonds. The van der Waals surface area contributed by atoms with Crippen molar-refractivity contribution in [2.75, 3.05) is 6.61 Å². The van der Waals surface area contributed by atoms with Crippen LogP contribution >= 0.6 is 11.3 Å². The maximum atomic E-state index is 10.6. The molecule has 2 aliphatic rings. The summed E-state index contributed by atoms with van der Waals surface area (Å²) in [6.07, 6.45) is 3.54. The van der Waals surface area contributed by atoms with Crippen molar-refractivity contribution in [3.8, 4) is 28.8 Å². The van der Waals surface area contributed by atoms with E-state index < -0.39 is 11.2 Å². The molecule has 0 bridgehead atoms. The fourth-order valence-electron chi connectivity index (χ4n) is 3.30. The van der Waals surface area contributed by atoms with Crippen LogP contribution in [-0.4, -0.2) is 27.4 Å². The van der Waals surface area contributed by atoms with E-state index in [1.54, 1.807) is 12.4 Å². The van der Waals surface area contributed by atoms with E-state index in [0.717, 1.165) is 47.4 Å². The summed E-state index contributed by atoms with van der Waals surface area (Å²) in [4.78, 5) is 5.23. The largest absolute Gasteiger partial charge is 0.489 e. The van der Waals surface area contributed by atoms with Gasteiger partial charge in [0.1, 0.15) is 23.6 Å². The number of benzene rings is 1. The van der Waals surface area contributed by atoms with Crippen LogP contribution in [0.1, 0.15) is 43.0 Å². The molecule has 5 heteroatoms. The lowest BCUT2D eigenvalue weighted by atomic mass is 9.99. The van der Waals surface area contributed by atoms with E-state index in [2.05, 4.69) is 16.8 Å². The first-order valence-corrected chi connectivity index (χ1v) is 9.04. The highest BCUT2D eigenvalue weighted by atomic mass is 32.1. The minimum atomic E-state index is -1.06. The smallest absolute Gasteiger partial charge is 0.132 e. The van der Waals surface area contributed by atoms with Gasteiger partial charge in [-0.1, -0.05) is 11.8 Å². The molecule has 1 atom stereocenters. The zero-order valence-corrected chi connectivity index (χ0v) is 14.3. The van der Waals surface area contributed by atoms with Crippen molar-refractivity contribution in [3.05, 3.63) is 34.2 Å². The number of thiazole rings is 1. The second kappa shape index (κ2) is 5.59. The number of hydrogen-bond acceptors (Lipinski definition) is 5. The first kappa shape index (κ1) is 15.6. The van der Waals surface area contributed by atoms with Crippen molar-refractivity contribution in [1.82, 2.24) is 4.98 Å². The zero-order valence-electron chi connectivity index (χ0n) is 13.5. The Kier molecular flexibility index (Phi) is 3.65. The van der Waals surface area contributed by atoms with Gasteiger partial charge in [-0.15, -0.1) is 11.3 Å². The van der Waals surface area contributed by atoms with Crippen LogP contribution in [0, 0.1) is 11.8 Å². The zero-order chi connectivity index (χ0) is 16.8. The molecule has 1 saturated carbocycles. The summed E-state index contributed by atoms with van der Waals surface area (Å²) in [5.74, 6) is 6.83. The van der Waals surface area contributed by atoms with Gasteiger partial charge in [-0.05, 0) is 50.8 Å². The lowest BCUT2D eigenvalue weighted by molar-refractivity contribution is 0.0132. The highest BCUT2D eigenvalue weighted by Crippen LogP contribution is 2.42. The molecule has 2 N–H and O–H groups in total. The predicted octanol–water partition coefficient (Wildman–Crippen LogP) is 3.07. The fraction of sp³-hybridized carbons (Fsp3) is 0.421. The quantitative estimate of drug-likeness (QED) is 0.723. The average Bonchev–Trinajstić information content (AvgIpc) is 3.19. The van der Waals surface area contributed by atoms with Gasteiger partial charge >= 0.3 is 0 Å². The molecule has 2 aromatic rings. The first-order chi connectivity index (χ1) is 11.5. The molecule has 0 saturated heterocycles. The lowest BCUT2D eigenvalue weighted by Crippen LogP contribution is -2.27. The van der Waals surface area contributed by atoms with Crippen LogP contribution < -0.4 is 4.74 Å². The van der Waals surface area contributed by atoms with E-state index >= 15 is 0 Å². The van der Waals surface area contributed by atoms with Crippen LogP contribution in [0.25, 0.3) is 11.3 Å². The third kappa shape index (κ3) is 2.71. The van der Waals surface area contributed by atoms with Crippen molar-refractivity contribution in [2.45, 2.75) is 43.8 Å². The SMILES string of the molecule is C[C@@]1(O)COc2ccc(C#CC3(O)CCCC3)cc2-c2ncsc21. The van der Waals surface area contributed by atoms with Crippen molar-refractivity contribution >= 4 is 11.3 Å². The molecular weight excluding hydrogens is 322 g/mol. The van der Waals surface area contributed by atoms with Crippen molar-refractivity contribution in [1.29, 1.82) is 0 Å². The van der Waals surface area contributed by atoms with Crippen LogP contribution in [0.3, 0.4) is 0 Å². The Morgan fingerprint density at radius 1 is 1.25 bits per heavy atom. The Bertz CT molecular complexity index is 838. The summed E-state index contributed by atoms with van der Waals surface area (Å²) in [5, 5.41) is 21.0. The topological polar surface area (TPSA) is 62.6 Å². The van der Waals surface area contributed by atoms with Crippen LogP contribution in [0.4, 0.5) is 0 Å². The molecule has 0 unspecified atom stereocenters. The van der Waals surface area contributed by atoms with E-state index in [-0.39, 0.29) is 6.61 Å². The summed E-state index contributed by atoms with van der Waals surface area (Å²) >= 11 is 1.43. The van der Waals surface area contributed by atoms with Gasteiger partial charge in [0.2, 0.25) is 0 Å². The minimum absolute atomic E-state index is 0.194. The van der Waals surface area contributed by atoms with Gasteiger partial charge in [-0.25, -0.2) is 4.98 Å². The molecule has 2 heterocycles. The number of rotatable bonds is 0. The predicted molar refractivity (Wildman–Crippen MR) is 92.9 cm³/mol. The second-order valence-electron chi connectivity index (χ2n) is 6.79. The Morgan fingerprint density at radius 2 is 2.04 bits per heavy atom.